The van der Waals surface area contributed by atoms with Gasteiger partial charge in [-0.1, -0.05) is 24.3 Å². The van der Waals surface area contributed by atoms with Crippen LogP contribution in [0.15, 0.2) is 67.0 Å². The van der Waals surface area contributed by atoms with E-state index in [9.17, 15) is 9.90 Å². The van der Waals surface area contributed by atoms with Crippen molar-refractivity contribution in [2.24, 2.45) is 0 Å². The fourth-order valence-electron chi connectivity index (χ4n) is 4.94. The number of aromatic nitrogens is 4. The van der Waals surface area contributed by atoms with Crippen LogP contribution in [0.1, 0.15) is 34.8 Å². The predicted molar refractivity (Wildman–Crippen MR) is 139 cm³/mol. The minimum Gasteiger partial charge on any atom is -0.506 e. The van der Waals surface area contributed by atoms with Gasteiger partial charge < -0.3 is 19.6 Å². The highest BCUT2D eigenvalue weighted by Gasteiger charge is 2.35. The van der Waals surface area contributed by atoms with E-state index in [0.717, 1.165) is 41.2 Å². The number of phenolic OH excluding ortho intramolecular Hbond substituents is 1. The number of nitrogens with zero attached hydrogens (tertiary/aromatic N) is 6. The van der Waals surface area contributed by atoms with E-state index in [0.29, 0.717) is 37.7 Å². The SMILES string of the molecule is COc1ccccc1-c1ccnc(-n2ncc(C(=O)N3CCN(c4ccccc4O)CC3)c2C2CC2)n1. The number of hydrogen-bond donors (Lipinski definition) is 1. The molecule has 9 heteroatoms. The molecule has 1 aliphatic carbocycles. The third-order valence-electron chi connectivity index (χ3n) is 7.01. The summed E-state index contributed by atoms with van der Waals surface area (Å²) in [5, 5.41) is 14.8. The Morgan fingerprint density at radius 3 is 2.51 bits per heavy atom. The van der Waals surface area contributed by atoms with Crippen LogP contribution in [0, 0.1) is 0 Å². The van der Waals surface area contributed by atoms with Crippen LogP contribution in [-0.2, 0) is 0 Å². The van der Waals surface area contributed by atoms with Gasteiger partial charge in [0.25, 0.3) is 11.9 Å². The van der Waals surface area contributed by atoms with Gasteiger partial charge in [-0.3, -0.25) is 4.79 Å². The lowest BCUT2D eigenvalue weighted by atomic mass is 10.1. The van der Waals surface area contributed by atoms with Gasteiger partial charge in [0.15, 0.2) is 0 Å². The summed E-state index contributed by atoms with van der Waals surface area (Å²) >= 11 is 0. The molecule has 0 radical (unpaired) electrons. The molecule has 2 aromatic carbocycles. The summed E-state index contributed by atoms with van der Waals surface area (Å²) in [7, 11) is 1.64. The van der Waals surface area contributed by atoms with Crippen LogP contribution in [0.3, 0.4) is 0 Å². The molecule has 2 aromatic heterocycles. The van der Waals surface area contributed by atoms with Gasteiger partial charge in [-0.05, 0) is 43.2 Å². The number of phenols is 1. The van der Waals surface area contributed by atoms with Crippen molar-refractivity contribution >= 4 is 11.6 Å². The summed E-state index contributed by atoms with van der Waals surface area (Å²) in [6, 6.07) is 16.9. The average Bonchev–Trinajstić information content (AvgIpc) is 3.70. The lowest BCUT2D eigenvalue weighted by Gasteiger charge is -2.36. The van der Waals surface area contributed by atoms with Crippen molar-refractivity contribution in [1.29, 1.82) is 0 Å². The second-order valence-electron chi connectivity index (χ2n) is 9.34. The highest BCUT2D eigenvalue weighted by molar-refractivity contribution is 5.95. The number of para-hydroxylation sites is 3. The van der Waals surface area contributed by atoms with E-state index in [1.54, 1.807) is 30.3 Å². The minimum absolute atomic E-state index is 0.0223. The number of aromatic hydroxyl groups is 1. The Morgan fingerprint density at radius 1 is 1.00 bits per heavy atom. The van der Waals surface area contributed by atoms with Gasteiger partial charge in [0.05, 0.1) is 35.9 Å². The second kappa shape index (κ2) is 9.57. The number of carbonyl (C=O) groups is 1. The number of benzene rings is 2. The van der Waals surface area contributed by atoms with Crippen molar-refractivity contribution in [2.75, 3.05) is 38.2 Å². The van der Waals surface area contributed by atoms with E-state index >= 15 is 0 Å². The Labute approximate surface area is 215 Å². The number of ether oxygens (including phenoxy) is 1. The number of carbonyl (C=O) groups excluding carboxylic acids is 1. The Hall–Kier alpha value is -4.40. The molecule has 6 rings (SSSR count). The fraction of sp³-hybridized carbons (Fsp3) is 0.286. The topological polar surface area (TPSA) is 96.6 Å². The van der Waals surface area contributed by atoms with Crippen molar-refractivity contribution in [3.05, 3.63) is 78.2 Å². The number of anilines is 1. The molecule has 2 fully saturated rings. The molecule has 1 amide bonds. The van der Waals surface area contributed by atoms with E-state index in [1.165, 1.54) is 0 Å². The first-order valence-electron chi connectivity index (χ1n) is 12.5. The van der Waals surface area contributed by atoms with Crippen molar-refractivity contribution in [1.82, 2.24) is 24.6 Å². The quantitative estimate of drug-likeness (QED) is 0.433. The van der Waals surface area contributed by atoms with Crippen LogP contribution in [0.2, 0.25) is 0 Å². The van der Waals surface area contributed by atoms with Gasteiger partial charge in [-0.2, -0.15) is 5.10 Å². The summed E-state index contributed by atoms with van der Waals surface area (Å²) in [5.41, 5.74) is 3.89. The van der Waals surface area contributed by atoms with Gasteiger partial charge in [0.1, 0.15) is 11.5 Å². The van der Waals surface area contributed by atoms with E-state index in [4.69, 9.17) is 9.72 Å². The summed E-state index contributed by atoms with van der Waals surface area (Å²) in [6.45, 7) is 2.45. The lowest BCUT2D eigenvalue weighted by Crippen LogP contribution is -2.49. The number of hydrogen-bond acceptors (Lipinski definition) is 7. The van der Waals surface area contributed by atoms with Crippen LogP contribution in [0.5, 0.6) is 11.5 Å². The molecule has 0 bridgehead atoms. The number of methoxy groups -OCH3 is 1. The molecule has 1 saturated heterocycles. The van der Waals surface area contributed by atoms with Crippen LogP contribution in [0.4, 0.5) is 5.69 Å². The predicted octanol–water partition coefficient (Wildman–Crippen LogP) is 3.88. The van der Waals surface area contributed by atoms with Gasteiger partial charge in [-0.15, -0.1) is 0 Å². The second-order valence-corrected chi connectivity index (χ2v) is 9.34. The molecule has 0 spiro atoms. The maximum atomic E-state index is 13.6. The number of amides is 1. The molecule has 1 aliphatic heterocycles. The third kappa shape index (κ3) is 4.37. The molecular formula is C28H28N6O3. The Balaban J connectivity index is 1.26. The molecule has 9 nitrogen and oxygen atoms in total. The summed E-state index contributed by atoms with van der Waals surface area (Å²) in [5.74, 6) is 1.67. The fourth-order valence-corrected chi connectivity index (χ4v) is 4.94. The molecule has 4 aromatic rings. The van der Waals surface area contributed by atoms with Crippen molar-refractivity contribution in [2.45, 2.75) is 18.8 Å². The zero-order chi connectivity index (χ0) is 25.4. The molecule has 2 aliphatic rings. The van der Waals surface area contributed by atoms with E-state index in [1.807, 2.05) is 53.4 Å². The van der Waals surface area contributed by atoms with Gasteiger partial charge in [-0.25, -0.2) is 14.6 Å². The molecular weight excluding hydrogens is 468 g/mol. The zero-order valence-electron chi connectivity index (χ0n) is 20.6. The maximum absolute atomic E-state index is 13.6. The minimum atomic E-state index is -0.0223. The van der Waals surface area contributed by atoms with Crippen LogP contribution in [0.25, 0.3) is 17.2 Å². The monoisotopic (exact) mass is 496 g/mol. The highest BCUT2D eigenvalue weighted by atomic mass is 16.5. The first kappa shape index (κ1) is 23.0. The van der Waals surface area contributed by atoms with Gasteiger partial charge >= 0.3 is 0 Å². The highest BCUT2D eigenvalue weighted by Crippen LogP contribution is 2.42. The molecule has 37 heavy (non-hydrogen) atoms. The third-order valence-corrected chi connectivity index (χ3v) is 7.01. The molecule has 1 N–H and O–H groups in total. The lowest BCUT2D eigenvalue weighted by molar-refractivity contribution is 0.0745. The average molecular weight is 497 g/mol. The van der Waals surface area contributed by atoms with Gasteiger partial charge in [0, 0.05) is 43.9 Å². The maximum Gasteiger partial charge on any atom is 0.257 e. The summed E-state index contributed by atoms with van der Waals surface area (Å²) in [6.07, 6.45) is 5.39. The summed E-state index contributed by atoms with van der Waals surface area (Å²) in [4.78, 5) is 26.9. The van der Waals surface area contributed by atoms with Crippen molar-refractivity contribution in [3.8, 4) is 28.7 Å². The molecule has 0 unspecified atom stereocenters. The normalized spacial score (nSPS) is 15.6. The first-order valence-corrected chi connectivity index (χ1v) is 12.5. The standard InChI is InChI=1S/C28H28N6O3/c1-37-25-9-5-2-6-20(25)22-12-13-29-28(31-22)34-26(19-10-11-19)21(18-30-34)27(36)33-16-14-32(15-17-33)23-7-3-4-8-24(23)35/h2-9,12-13,18-19,35H,10-11,14-17H2,1H3. The first-order chi connectivity index (χ1) is 18.1. The Bertz CT molecular complexity index is 1440. The number of piperazine rings is 1. The Morgan fingerprint density at radius 2 is 1.76 bits per heavy atom. The van der Waals surface area contributed by atoms with E-state index < -0.39 is 0 Å². The van der Waals surface area contributed by atoms with Crippen LogP contribution >= 0.6 is 0 Å². The zero-order valence-corrected chi connectivity index (χ0v) is 20.6. The van der Waals surface area contributed by atoms with Crippen molar-refractivity contribution in [3.63, 3.8) is 0 Å². The molecule has 188 valence electrons. The largest absolute Gasteiger partial charge is 0.506 e. The Kier molecular flexibility index (Phi) is 5.96. The number of rotatable bonds is 6. The smallest absolute Gasteiger partial charge is 0.257 e. The van der Waals surface area contributed by atoms with E-state index in [-0.39, 0.29) is 17.6 Å². The molecule has 0 atom stereocenters. The molecule has 1 saturated carbocycles. The summed E-state index contributed by atoms with van der Waals surface area (Å²) < 4.78 is 7.24. The van der Waals surface area contributed by atoms with Crippen LogP contribution in [-0.4, -0.2) is 69.0 Å². The van der Waals surface area contributed by atoms with Crippen LogP contribution < -0.4 is 9.64 Å². The van der Waals surface area contributed by atoms with Gasteiger partial charge in [0.2, 0.25) is 0 Å². The van der Waals surface area contributed by atoms with E-state index in [2.05, 4.69) is 15.0 Å². The van der Waals surface area contributed by atoms with Crippen molar-refractivity contribution < 1.29 is 14.6 Å². The molecule has 3 heterocycles.